The second-order valence-corrected chi connectivity index (χ2v) is 9.33. The number of carbonyl (C=O) groups is 1. The van der Waals surface area contributed by atoms with Crippen LogP contribution in [0, 0.1) is 0 Å². The van der Waals surface area contributed by atoms with Gasteiger partial charge in [0.05, 0.1) is 23.1 Å². The van der Waals surface area contributed by atoms with E-state index in [2.05, 4.69) is 9.50 Å². The monoisotopic (exact) mass is 510 g/mol. The van der Waals surface area contributed by atoms with Crippen molar-refractivity contribution in [3.05, 3.63) is 64.7 Å². The molecule has 3 rings (SSSR count). The Balaban J connectivity index is 1.93. The molecule has 0 bridgehead atoms. The molecule has 0 saturated carbocycles. The summed E-state index contributed by atoms with van der Waals surface area (Å²) in [5, 5.41) is 3.04. The zero-order valence-corrected chi connectivity index (χ0v) is 18.5. The van der Waals surface area contributed by atoms with Crippen LogP contribution in [0.25, 0.3) is 0 Å². The van der Waals surface area contributed by atoms with Gasteiger partial charge in [-0.3, -0.25) is 8.98 Å². The third-order valence-electron chi connectivity index (χ3n) is 5.35. The van der Waals surface area contributed by atoms with Crippen molar-refractivity contribution in [3.63, 3.8) is 0 Å². The first-order chi connectivity index (χ1) is 15.7. The van der Waals surface area contributed by atoms with Crippen LogP contribution in [0.5, 0.6) is 0 Å². The Morgan fingerprint density at radius 1 is 1.03 bits per heavy atom. The van der Waals surface area contributed by atoms with Crippen LogP contribution >= 0.6 is 0 Å². The van der Waals surface area contributed by atoms with E-state index < -0.39 is 56.0 Å². The molecular formula is C21H20F6N2O4S. The average molecular weight is 510 g/mol. The number of nitrogens with one attached hydrogen (secondary N) is 1. The number of carbonyl (C=O) groups excluding carboxylic acids is 1. The van der Waals surface area contributed by atoms with Crippen LogP contribution in [0.1, 0.15) is 27.0 Å². The lowest BCUT2D eigenvalue weighted by Crippen LogP contribution is -2.54. The normalized spacial score (nSPS) is 17.6. The van der Waals surface area contributed by atoms with Crippen LogP contribution in [0.3, 0.4) is 0 Å². The number of benzene rings is 2. The van der Waals surface area contributed by atoms with Gasteiger partial charge in [0.15, 0.2) is 0 Å². The minimum atomic E-state index is -4.92. The minimum Gasteiger partial charge on any atom is -0.333 e. The van der Waals surface area contributed by atoms with Crippen molar-refractivity contribution < 1.29 is 43.7 Å². The largest absolute Gasteiger partial charge is 0.416 e. The number of amides is 1. The Morgan fingerprint density at radius 3 is 2.21 bits per heavy atom. The van der Waals surface area contributed by atoms with E-state index in [0.29, 0.717) is 24.2 Å². The maximum Gasteiger partial charge on any atom is 0.416 e. The highest BCUT2D eigenvalue weighted by Crippen LogP contribution is 2.33. The number of piperazine rings is 1. The molecule has 1 saturated heterocycles. The van der Waals surface area contributed by atoms with Crippen molar-refractivity contribution in [3.8, 4) is 0 Å². The number of halogens is 6. The van der Waals surface area contributed by atoms with Gasteiger partial charge in [0.25, 0.3) is 16.0 Å². The van der Waals surface area contributed by atoms with E-state index in [1.165, 1.54) is 17.0 Å². The van der Waals surface area contributed by atoms with Gasteiger partial charge in [0.1, 0.15) is 0 Å². The molecule has 1 N–H and O–H groups in total. The molecule has 34 heavy (non-hydrogen) atoms. The number of hydrogen-bond acceptors (Lipinski definition) is 5. The third-order valence-corrected chi connectivity index (χ3v) is 6.60. The number of hydrogen-bond donors (Lipinski definition) is 1. The summed E-state index contributed by atoms with van der Waals surface area (Å²) in [6.07, 6.45) is -9.28. The highest BCUT2D eigenvalue weighted by Gasteiger charge is 2.35. The van der Waals surface area contributed by atoms with E-state index >= 15 is 0 Å². The van der Waals surface area contributed by atoms with Crippen LogP contribution in [-0.4, -0.2) is 52.0 Å². The highest BCUT2D eigenvalue weighted by molar-refractivity contribution is 7.86. The van der Waals surface area contributed by atoms with Crippen LogP contribution < -0.4 is 5.32 Å². The van der Waals surface area contributed by atoms with E-state index in [1.807, 2.05) is 0 Å². The summed E-state index contributed by atoms with van der Waals surface area (Å²) in [7, 11) is -3.74. The maximum absolute atomic E-state index is 13.4. The van der Waals surface area contributed by atoms with E-state index in [0.717, 1.165) is 25.3 Å². The van der Waals surface area contributed by atoms with Crippen molar-refractivity contribution in [1.29, 1.82) is 0 Å². The first-order valence-electron chi connectivity index (χ1n) is 9.93. The van der Waals surface area contributed by atoms with Gasteiger partial charge >= 0.3 is 12.4 Å². The zero-order chi connectivity index (χ0) is 25.3. The SMILES string of the molecule is COS(=O)(=O)c1cc(C(=O)N2CCNC[C@H]2Cc2ccc(C(F)(F)F)cc2)cc(C(F)(F)F)c1. The molecule has 0 spiro atoms. The number of nitrogens with zero attached hydrogens (tertiary/aromatic N) is 1. The molecular weight excluding hydrogens is 490 g/mol. The van der Waals surface area contributed by atoms with Gasteiger partial charge in [-0.1, -0.05) is 12.1 Å². The molecule has 1 fully saturated rings. The van der Waals surface area contributed by atoms with Crippen molar-refractivity contribution in [2.75, 3.05) is 26.7 Å². The number of rotatable bonds is 5. The summed E-state index contributed by atoms with van der Waals surface area (Å²) < 4.78 is 107. The summed E-state index contributed by atoms with van der Waals surface area (Å²) in [6.45, 7) is 0.680. The first-order valence-corrected chi connectivity index (χ1v) is 11.3. The molecule has 0 aromatic heterocycles. The minimum absolute atomic E-state index is 0.104. The second-order valence-electron chi connectivity index (χ2n) is 7.62. The molecule has 1 heterocycles. The molecule has 186 valence electrons. The molecule has 1 aliphatic rings. The van der Waals surface area contributed by atoms with Crippen LogP contribution in [0.4, 0.5) is 26.3 Å². The predicted molar refractivity (Wildman–Crippen MR) is 108 cm³/mol. The fraction of sp³-hybridized carbons (Fsp3) is 0.381. The second kappa shape index (κ2) is 9.55. The van der Waals surface area contributed by atoms with Crippen LogP contribution in [-0.2, 0) is 33.1 Å². The molecule has 6 nitrogen and oxygen atoms in total. The van der Waals surface area contributed by atoms with Gasteiger partial charge < -0.3 is 10.2 Å². The summed E-state index contributed by atoms with van der Waals surface area (Å²) in [5.74, 6) is -0.836. The van der Waals surface area contributed by atoms with E-state index in [-0.39, 0.29) is 19.5 Å². The molecule has 13 heteroatoms. The summed E-state index contributed by atoms with van der Waals surface area (Å²) >= 11 is 0. The Morgan fingerprint density at radius 2 is 1.65 bits per heavy atom. The summed E-state index contributed by atoms with van der Waals surface area (Å²) in [6, 6.07) is 5.53. The van der Waals surface area contributed by atoms with Crippen molar-refractivity contribution in [1.82, 2.24) is 10.2 Å². The molecule has 2 aromatic carbocycles. The van der Waals surface area contributed by atoms with Gasteiger partial charge in [0.2, 0.25) is 0 Å². The van der Waals surface area contributed by atoms with Crippen LogP contribution in [0.2, 0.25) is 0 Å². The fourth-order valence-corrected chi connectivity index (χ4v) is 4.34. The lowest BCUT2D eigenvalue weighted by atomic mass is 10.00. The average Bonchev–Trinajstić information content (AvgIpc) is 2.78. The number of alkyl halides is 6. The Labute approximate surface area is 191 Å². The van der Waals surface area contributed by atoms with E-state index in [9.17, 15) is 39.6 Å². The first kappa shape index (κ1) is 26.0. The van der Waals surface area contributed by atoms with Gasteiger partial charge in [-0.15, -0.1) is 0 Å². The third kappa shape index (κ3) is 5.88. The van der Waals surface area contributed by atoms with Gasteiger partial charge in [0, 0.05) is 31.2 Å². The smallest absolute Gasteiger partial charge is 0.333 e. The maximum atomic E-state index is 13.4. The Kier molecular flexibility index (Phi) is 7.29. The predicted octanol–water partition coefficient (Wildman–Crippen LogP) is 3.72. The van der Waals surface area contributed by atoms with Crippen LogP contribution in [0.15, 0.2) is 47.4 Å². The molecule has 0 unspecified atom stereocenters. The Hall–Kier alpha value is -2.64. The molecule has 1 amide bonds. The van der Waals surface area contributed by atoms with E-state index in [1.54, 1.807) is 0 Å². The zero-order valence-electron chi connectivity index (χ0n) is 17.7. The summed E-state index contributed by atoms with van der Waals surface area (Å²) in [4.78, 5) is 13.6. The lowest BCUT2D eigenvalue weighted by molar-refractivity contribution is -0.138. The van der Waals surface area contributed by atoms with Crippen molar-refractivity contribution >= 4 is 16.0 Å². The quantitative estimate of drug-likeness (QED) is 0.491. The molecule has 0 radical (unpaired) electrons. The molecule has 1 aliphatic heterocycles. The molecule has 1 atom stereocenters. The van der Waals surface area contributed by atoms with Gasteiger partial charge in [-0.05, 0) is 42.3 Å². The summed E-state index contributed by atoms with van der Waals surface area (Å²) in [5.41, 5.74) is -2.17. The van der Waals surface area contributed by atoms with Gasteiger partial charge in [-0.2, -0.15) is 34.8 Å². The van der Waals surface area contributed by atoms with Crippen molar-refractivity contribution in [2.45, 2.75) is 29.7 Å². The van der Waals surface area contributed by atoms with E-state index in [4.69, 9.17) is 0 Å². The Bertz CT molecular complexity index is 1150. The topological polar surface area (TPSA) is 75.7 Å². The van der Waals surface area contributed by atoms with Crippen molar-refractivity contribution in [2.24, 2.45) is 0 Å². The molecule has 0 aliphatic carbocycles. The standard InChI is InChI=1S/C21H20F6N2O4S/c1-33-34(31,32)18-10-14(9-16(11-18)21(25,26)27)19(30)29-7-6-28-12-17(29)8-13-2-4-15(5-3-13)20(22,23)24/h2-5,9-11,17,28H,6-8,12H2,1H3/t17-/m1/s1. The fourth-order valence-electron chi connectivity index (χ4n) is 3.61. The van der Waals surface area contributed by atoms with Gasteiger partial charge in [-0.25, -0.2) is 0 Å². The molecule has 2 aromatic rings. The lowest BCUT2D eigenvalue weighted by Gasteiger charge is -2.36. The highest BCUT2D eigenvalue weighted by atomic mass is 32.2.